The number of nitrogens with one attached hydrogen (secondary N) is 1. The van der Waals surface area contributed by atoms with Gasteiger partial charge in [0.05, 0.1) is 5.56 Å². The van der Waals surface area contributed by atoms with Crippen LogP contribution in [0.3, 0.4) is 0 Å². The van der Waals surface area contributed by atoms with Crippen LogP contribution in [0.5, 0.6) is 0 Å². The lowest BCUT2D eigenvalue weighted by Crippen LogP contribution is -2.47. The van der Waals surface area contributed by atoms with E-state index in [1.165, 1.54) is 0 Å². The number of nitrogens with two attached hydrogens (primary N) is 1. The van der Waals surface area contributed by atoms with Crippen LogP contribution in [0, 0.1) is 13.0 Å². The van der Waals surface area contributed by atoms with Crippen LogP contribution in [-0.4, -0.2) is 53.7 Å². The van der Waals surface area contributed by atoms with Gasteiger partial charge in [0.1, 0.15) is 0 Å². The van der Waals surface area contributed by atoms with Gasteiger partial charge in [0, 0.05) is 50.9 Å². The van der Waals surface area contributed by atoms with Crippen LogP contribution in [0.4, 0.5) is 5.69 Å². The number of primary amides is 1. The summed E-state index contributed by atoms with van der Waals surface area (Å²) in [5, 5.41) is 2.93. The maximum Gasteiger partial charge on any atom is 0.255 e. The maximum absolute atomic E-state index is 12.8. The highest BCUT2D eigenvalue weighted by molar-refractivity contribution is 6.05. The van der Waals surface area contributed by atoms with Gasteiger partial charge < -0.3 is 16.0 Å². The van der Waals surface area contributed by atoms with Crippen molar-refractivity contribution in [2.24, 2.45) is 5.73 Å². The lowest BCUT2D eigenvalue weighted by molar-refractivity contribution is -0.130. The number of carbonyl (C=O) groups is 3. The normalized spacial score (nSPS) is 13.9. The van der Waals surface area contributed by atoms with Gasteiger partial charge in [-0.2, -0.15) is 0 Å². The predicted molar refractivity (Wildman–Crippen MR) is 136 cm³/mol. The predicted octanol–water partition coefficient (Wildman–Crippen LogP) is 3.48. The monoisotopic (exact) mass is 469 g/mol. The highest BCUT2D eigenvalue weighted by Gasteiger charge is 2.18. The molecule has 3 aromatic carbocycles. The fraction of sp³-hybridized carbons (Fsp3) is 0.250. The van der Waals surface area contributed by atoms with Gasteiger partial charge in [0.2, 0.25) is 11.8 Å². The van der Waals surface area contributed by atoms with Crippen LogP contribution in [0.15, 0.2) is 60.7 Å². The largest absolute Gasteiger partial charge is 0.366 e. The first kappa shape index (κ1) is 24.2. The first-order chi connectivity index (χ1) is 16.8. The van der Waals surface area contributed by atoms with Crippen molar-refractivity contribution in [3.63, 3.8) is 0 Å². The Morgan fingerprint density at radius 1 is 0.943 bits per heavy atom. The first-order valence-corrected chi connectivity index (χ1v) is 11.6. The number of rotatable bonds is 6. The van der Waals surface area contributed by atoms with Crippen LogP contribution in [0.1, 0.15) is 38.8 Å². The average Bonchev–Trinajstić information content (AvgIpc) is 2.85. The van der Waals surface area contributed by atoms with Crippen molar-refractivity contribution < 1.29 is 14.4 Å². The number of piperazine rings is 1. The molecule has 0 aliphatic carbocycles. The molecule has 179 valence electrons. The van der Waals surface area contributed by atoms with E-state index < -0.39 is 5.91 Å². The fourth-order valence-corrected chi connectivity index (χ4v) is 4.33. The second-order valence-electron chi connectivity index (χ2n) is 8.79. The number of anilines is 1. The third kappa shape index (κ3) is 5.75. The number of hydrogen-bond acceptors (Lipinski definition) is 4. The molecule has 3 N–H and O–H groups in total. The second kappa shape index (κ2) is 10.5. The van der Waals surface area contributed by atoms with Gasteiger partial charge in [0.25, 0.3) is 5.91 Å². The van der Waals surface area contributed by atoms with E-state index in [-0.39, 0.29) is 11.8 Å². The Labute approximate surface area is 205 Å². The van der Waals surface area contributed by atoms with E-state index in [9.17, 15) is 14.4 Å². The quantitative estimate of drug-likeness (QED) is 0.578. The van der Waals surface area contributed by atoms with Gasteiger partial charge in [0.15, 0.2) is 0 Å². The first-order valence-electron chi connectivity index (χ1n) is 11.6. The molecule has 3 amide bonds. The second-order valence-corrected chi connectivity index (χ2v) is 8.79. The van der Waals surface area contributed by atoms with Crippen molar-refractivity contribution in [2.45, 2.75) is 20.4 Å². The van der Waals surface area contributed by atoms with Gasteiger partial charge in [-0.15, -0.1) is 0 Å². The van der Waals surface area contributed by atoms with Crippen molar-refractivity contribution in [1.29, 1.82) is 0 Å². The molecule has 0 aromatic heterocycles. The molecule has 0 atom stereocenters. The molecule has 1 heterocycles. The average molecular weight is 470 g/mol. The van der Waals surface area contributed by atoms with E-state index in [4.69, 9.17) is 5.73 Å². The van der Waals surface area contributed by atoms with Crippen molar-refractivity contribution in [3.05, 3.63) is 89.0 Å². The topological polar surface area (TPSA) is 95.7 Å². The lowest BCUT2D eigenvalue weighted by atomic mass is 9.94. The van der Waals surface area contributed by atoms with Crippen LogP contribution in [0.2, 0.25) is 0 Å². The number of benzene rings is 3. The molecule has 35 heavy (non-hydrogen) atoms. The highest BCUT2D eigenvalue weighted by Crippen LogP contribution is 2.27. The molecule has 1 aliphatic heterocycles. The molecule has 7 heteroatoms. The standard InChI is InChI=1S/C28H29N4O3/c1-19-4-3-5-25(27(29)34)26(19)22-8-10-23(11-9-22)28(35)30-24-12-6-21(7-13-24)18-31-14-16-32(17-15-31)20(2)33/h3-4,6-13H,14-18H2,1-2H3,(H2,29,34)(H,30,35). The third-order valence-corrected chi connectivity index (χ3v) is 6.32. The summed E-state index contributed by atoms with van der Waals surface area (Å²) in [5.74, 6) is -0.619. The minimum atomic E-state index is -0.535. The Bertz CT molecular complexity index is 1230. The highest BCUT2D eigenvalue weighted by atomic mass is 16.2. The van der Waals surface area contributed by atoms with Crippen molar-refractivity contribution in [1.82, 2.24) is 9.80 Å². The van der Waals surface area contributed by atoms with Crippen LogP contribution < -0.4 is 11.1 Å². The molecule has 0 bridgehead atoms. The third-order valence-electron chi connectivity index (χ3n) is 6.32. The molecule has 4 rings (SSSR count). The number of carbonyl (C=O) groups excluding carboxylic acids is 3. The number of amides is 3. The van der Waals surface area contributed by atoms with Crippen LogP contribution in [0.25, 0.3) is 11.1 Å². The van der Waals surface area contributed by atoms with E-state index in [1.54, 1.807) is 25.1 Å². The summed E-state index contributed by atoms with van der Waals surface area (Å²) in [6.07, 6.45) is 0. The van der Waals surface area contributed by atoms with Gasteiger partial charge in [-0.1, -0.05) is 36.4 Å². The minimum absolute atomic E-state index is 0.128. The molecule has 1 fully saturated rings. The van der Waals surface area contributed by atoms with Gasteiger partial charge in [-0.3, -0.25) is 19.3 Å². The van der Waals surface area contributed by atoms with Crippen molar-refractivity contribution in [3.8, 4) is 11.1 Å². The Hall–Kier alpha value is -3.97. The smallest absolute Gasteiger partial charge is 0.255 e. The van der Waals surface area contributed by atoms with Crippen LogP contribution >= 0.6 is 0 Å². The number of nitrogens with zero attached hydrogens (tertiary/aromatic N) is 2. The zero-order valence-electron chi connectivity index (χ0n) is 20.0. The summed E-state index contributed by atoms with van der Waals surface area (Å²) in [6.45, 7) is 7.56. The van der Waals surface area contributed by atoms with E-state index in [1.807, 2.05) is 54.3 Å². The SMILES string of the molecule is CC(=O)N1CCN(Cc2ccc(NC(=O)c3ccc(-c4c(C(N)=O)[c]ccc4C)cc3)cc2)CC1. The molecule has 3 aromatic rings. The van der Waals surface area contributed by atoms with Crippen molar-refractivity contribution >= 4 is 23.4 Å². The molecule has 7 nitrogen and oxygen atoms in total. The molecule has 0 saturated carbocycles. The molecule has 0 unspecified atom stereocenters. The summed E-state index contributed by atoms with van der Waals surface area (Å²) >= 11 is 0. The van der Waals surface area contributed by atoms with E-state index >= 15 is 0 Å². The van der Waals surface area contributed by atoms with Crippen LogP contribution in [-0.2, 0) is 11.3 Å². The Morgan fingerprint density at radius 2 is 1.60 bits per heavy atom. The molecule has 1 aliphatic rings. The molecular formula is C28H29N4O3. The zero-order chi connectivity index (χ0) is 24.9. The van der Waals surface area contributed by atoms with E-state index in [0.717, 1.165) is 55.0 Å². The van der Waals surface area contributed by atoms with Gasteiger partial charge in [-0.25, -0.2) is 0 Å². The summed E-state index contributed by atoms with van der Waals surface area (Å²) in [7, 11) is 0. The van der Waals surface area contributed by atoms with Gasteiger partial charge in [-0.05, 0) is 59.5 Å². The Balaban J connectivity index is 1.37. The fourth-order valence-electron chi connectivity index (χ4n) is 4.33. The van der Waals surface area contributed by atoms with Gasteiger partial charge >= 0.3 is 0 Å². The van der Waals surface area contributed by atoms with E-state index in [2.05, 4.69) is 16.3 Å². The minimum Gasteiger partial charge on any atom is -0.366 e. The van der Waals surface area contributed by atoms with Crippen molar-refractivity contribution in [2.75, 3.05) is 31.5 Å². The number of hydrogen-bond donors (Lipinski definition) is 2. The lowest BCUT2D eigenvalue weighted by Gasteiger charge is -2.34. The molecule has 0 spiro atoms. The maximum atomic E-state index is 12.8. The molecule has 1 saturated heterocycles. The van der Waals surface area contributed by atoms with E-state index in [0.29, 0.717) is 16.8 Å². The number of aryl methyl sites for hydroxylation is 1. The Kier molecular flexibility index (Phi) is 7.27. The molecule has 1 radical (unpaired) electrons. The summed E-state index contributed by atoms with van der Waals surface area (Å²) < 4.78 is 0. The Morgan fingerprint density at radius 3 is 2.20 bits per heavy atom. The molecular weight excluding hydrogens is 440 g/mol. The zero-order valence-corrected chi connectivity index (χ0v) is 20.0. The summed E-state index contributed by atoms with van der Waals surface area (Å²) in [5.41, 5.74) is 10.7. The summed E-state index contributed by atoms with van der Waals surface area (Å²) in [6, 6.07) is 21.4. The summed E-state index contributed by atoms with van der Waals surface area (Å²) in [4.78, 5) is 40.2.